The number of hydrogen-bond acceptors (Lipinski definition) is 7. The van der Waals surface area contributed by atoms with Crippen molar-refractivity contribution in [3.05, 3.63) is 80.2 Å². The van der Waals surface area contributed by atoms with Crippen LogP contribution in [0.3, 0.4) is 0 Å². The van der Waals surface area contributed by atoms with Crippen molar-refractivity contribution in [3.63, 3.8) is 0 Å². The molecular formula is C27H26N4O4S2. The number of nitriles is 1. The van der Waals surface area contributed by atoms with Gasteiger partial charge in [0.25, 0.3) is 11.6 Å². The number of anilines is 2. The maximum Gasteiger partial charge on any atom is 0.270 e. The molecule has 0 radical (unpaired) electrons. The van der Waals surface area contributed by atoms with Crippen LogP contribution in [0.5, 0.6) is 0 Å². The molecule has 37 heavy (non-hydrogen) atoms. The average Bonchev–Trinajstić information content (AvgIpc) is 3.23. The summed E-state index contributed by atoms with van der Waals surface area (Å²) in [6.45, 7) is 4.13. The van der Waals surface area contributed by atoms with Crippen molar-refractivity contribution in [2.75, 3.05) is 10.6 Å². The predicted octanol–water partition coefficient (Wildman–Crippen LogP) is 6.41. The number of carbonyl (C=O) groups is 2. The second-order valence-electron chi connectivity index (χ2n) is 8.96. The first-order chi connectivity index (χ1) is 17.8. The van der Waals surface area contributed by atoms with Crippen LogP contribution in [0.15, 0.2) is 53.4 Å². The summed E-state index contributed by atoms with van der Waals surface area (Å²) >= 11 is 2.89. The lowest BCUT2D eigenvalue weighted by atomic mass is 9.88. The molecule has 0 spiro atoms. The zero-order valence-corrected chi connectivity index (χ0v) is 22.1. The number of nitrogens with one attached hydrogen (secondary N) is 2. The number of thiophene rings is 1. The van der Waals surface area contributed by atoms with Crippen LogP contribution in [0.4, 0.5) is 16.4 Å². The molecule has 0 aliphatic heterocycles. The fourth-order valence-electron chi connectivity index (χ4n) is 4.25. The molecule has 10 heteroatoms. The summed E-state index contributed by atoms with van der Waals surface area (Å²) in [5.41, 5.74) is 2.21. The molecule has 1 aliphatic carbocycles. The third-order valence-corrected chi connectivity index (χ3v) is 8.74. The van der Waals surface area contributed by atoms with E-state index in [0.29, 0.717) is 28.6 Å². The van der Waals surface area contributed by atoms with E-state index < -0.39 is 16.1 Å². The highest BCUT2D eigenvalue weighted by atomic mass is 32.2. The highest BCUT2D eigenvalue weighted by molar-refractivity contribution is 8.00. The van der Waals surface area contributed by atoms with Gasteiger partial charge in [0.05, 0.1) is 15.7 Å². The molecule has 3 aromatic rings. The highest BCUT2D eigenvalue weighted by Gasteiger charge is 2.26. The van der Waals surface area contributed by atoms with Crippen LogP contribution < -0.4 is 10.6 Å². The number of nitro benzene ring substituents is 1. The number of non-ortho nitro benzene ring substituents is 1. The average molecular weight is 535 g/mol. The fraction of sp³-hybridized carbons (Fsp3) is 0.296. The van der Waals surface area contributed by atoms with Gasteiger partial charge >= 0.3 is 0 Å². The van der Waals surface area contributed by atoms with Gasteiger partial charge in [0.2, 0.25) is 5.91 Å². The summed E-state index contributed by atoms with van der Waals surface area (Å²) in [5, 5.41) is 26.7. The molecule has 0 saturated heterocycles. The third kappa shape index (κ3) is 6.18. The zero-order chi connectivity index (χ0) is 26.5. The zero-order valence-electron chi connectivity index (χ0n) is 20.4. The standard InChI is InChI=1S/C27H26N4O4S2/c1-3-23(26(33)30-27-22(15-28)21-11-10-16(2)12-24(21)37-27)36-20-9-5-7-18(14-20)29-25(32)17-6-4-8-19(13-17)31(34)35/h4-9,13-14,16,23H,3,10-12H2,1-2H3,(H,29,32)(H,30,33). The van der Waals surface area contributed by atoms with Gasteiger partial charge in [0.1, 0.15) is 11.1 Å². The van der Waals surface area contributed by atoms with Crippen molar-refractivity contribution in [1.82, 2.24) is 0 Å². The first kappa shape index (κ1) is 26.4. The second kappa shape index (κ2) is 11.6. The maximum absolute atomic E-state index is 13.2. The smallest absolute Gasteiger partial charge is 0.270 e. The minimum Gasteiger partial charge on any atom is -0.322 e. The lowest BCUT2D eigenvalue weighted by molar-refractivity contribution is -0.384. The molecule has 2 atom stereocenters. The van der Waals surface area contributed by atoms with Crippen molar-refractivity contribution in [2.24, 2.45) is 5.92 Å². The summed E-state index contributed by atoms with van der Waals surface area (Å²) < 4.78 is 0. The van der Waals surface area contributed by atoms with Crippen LogP contribution in [0.1, 0.15) is 53.1 Å². The normalized spacial score (nSPS) is 15.2. The van der Waals surface area contributed by atoms with E-state index in [9.17, 15) is 25.0 Å². The molecule has 1 heterocycles. The Balaban J connectivity index is 1.45. The number of hydrogen-bond donors (Lipinski definition) is 2. The topological polar surface area (TPSA) is 125 Å². The van der Waals surface area contributed by atoms with Gasteiger partial charge in [-0.3, -0.25) is 19.7 Å². The van der Waals surface area contributed by atoms with E-state index in [1.807, 2.05) is 13.0 Å². The van der Waals surface area contributed by atoms with Gasteiger partial charge in [0.15, 0.2) is 0 Å². The fourth-order valence-corrected chi connectivity index (χ4v) is 6.62. The Hall–Kier alpha value is -3.68. The Morgan fingerprint density at radius 3 is 2.76 bits per heavy atom. The van der Waals surface area contributed by atoms with Gasteiger partial charge in [-0.2, -0.15) is 5.26 Å². The van der Waals surface area contributed by atoms with Crippen LogP contribution in [-0.4, -0.2) is 22.0 Å². The minimum absolute atomic E-state index is 0.158. The molecular weight excluding hydrogens is 508 g/mol. The van der Waals surface area contributed by atoms with Gasteiger partial charge in [-0.05, 0) is 61.4 Å². The summed E-state index contributed by atoms with van der Waals surface area (Å²) in [5.74, 6) is -0.0534. The van der Waals surface area contributed by atoms with Crippen LogP contribution >= 0.6 is 23.1 Å². The lowest BCUT2D eigenvalue weighted by Gasteiger charge is -2.17. The summed E-state index contributed by atoms with van der Waals surface area (Å²) in [7, 11) is 0. The van der Waals surface area contributed by atoms with Gasteiger partial charge in [-0.25, -0.2) is 0 Å². The van der Waals surface area contributed by atoms with E-state index in [4.69, 9.17) is 0 Å². The number of benzene rings is 2. The van der Waals surface area contributed by atoms with E-state index in [2.05, 4.69) is 23.6 Å². The summed E-state index contributed by atoms with van der Waals surface area (Å²) in [6.07, 6.45) is 3.43. The SMILES string of the molecule is CCC(Sc1cccc(NC(=O)c2cccc([N+](=O)[O-])c2)c1)C(=O)Nc1sc2c(c1C#N)CCC(C)C2. The molecule has 0 saturated carbocycles. The van der Waals surface area contributed by atoms with E-state index >= 15 is 0 Å². The van der Waals surface area contributed by atoms with Crippen molar-refractivity contribution in [1.29, 1.82) is 5.26 Å². The number of fused-ring (bicyclic) bond motifs is 1. The molecule has 8 nitrogen and oxygen atoms in total. The van der Waals surface area contributed by atoms with Gasteiger partial charge in [-0.1, -0.05) is 26.0 Å². The Labute approximate surface area is 223 Å². The first-order valence-corrected chi connectivity index (χ1v) is 13.7. The molecule has 4 rings (SSSR count). The van der Waals surface area contributed by atoms with Gasteiger partial charge < -0.3 is 10.6 Å². The van der Waals surface area contributed by atoms with Crippen molar-refractivity contribution >= 4 is 51.3 Å². The van der Waals surface area contributed by atoms with Gasteiger partial charge in [-0.15, -0.1) is 23.1 Å². The Bertz CT molecular complexity index is 1400. The minimum atomic E-state index is -0.546. The number of nitrogens with zero attached hydrogens (tertiary/aromatic N) is 2. The summed E-state index contributed by atoms with van der Waals surface area (Å²) in [6, 6.07) is 14.9. The van der Waals surface area contributed by atoms with E-state index in [1.165, 1.54) is 52.2 Å². The van der Waals surface area contributed by atoms with Gasteiger partial charge in [0, 0.05) is 33.2 Å². The van der Waals surface area contributed by atoms with Crippen molar-refractivity contribution < 1.29 is 14.5 Å². The van der Waals surface area contributed by atoms with Crippen molar-refractivity contribution in [2.45, 2.75) is 49.7 Å². The van der Waals surface area contributed by atoms with E-state index in [-0.39, 0.29) is 17.2 Å². The van der Waals surface area contributed by atoms with Crippen molar-refractivity contribution in [3.8, 4) is 6.07 Å². The summed E-state index contributed by atoms with van der Waals surface area (Å²) in [4.78, 5) is 38.2. The quantitative estimate of drug-likeness (QED) is 0.195. The van der Waals surface area contributed by atoms with Crippen LogP contribution in [-0.2, 0) is 17.6 Å². The van der Waals surface area contributed by atoms with E-state index in [1.54, 1.807) is 18.2 Å². The Kier molecular flexibility index (Phi) is 8.26. The third-order valence-electron chi connectivity index (χ3n) is 6.21. The number of carbonyl (C=O) groups excluding carboxylic acids is 2. The molecule has 0 bridgehead atoms. The maximum atomic E-state index is 13.2. The number of nitro groups is 1. The molecule has 2 N–H and O–H groups in total. The molecule has 2 amide bonds. The van der Waals surface area contributed by atoms with Crippen LogP contribution in [0.2, 0.25) is 0 Å². The monoisotopic (exact) mass is 534 g/mol. The largest absolute Gasteiger partial charge is 0.322 e. The number of amides is 2. The molecule has 0 fully saturated rings. The molecule has 190 valence electrons. The van der Waals surface area contributed by atoms with Crippen LogP contribution in [0.25, 0.3) is 0 Å². The molecule has 1 aliphatic rings. The highest BCUT2D eigenvalue weighted by Crippen LogP contribution is 2.40. The predicted molar refractivity (Wildman–Crippen MR) is 146 cm³/mol. The Morgan fingerprint density at radius 1 is 1.24 bits per heavy atom. The van der Waals surface area contributed by atoms with E-state index in [0.717, 1.165) is 29.7 Å². The molecule has 2 unspecified atom stereocenters. The second-order valence-corrected chi connectivity index (χ2v) is 11.3. The molecule has 1 aromatic heterocycles. The number of rotatable bonds is 8. The number of thioether (sulfide) groups is 1. The lowest BCUT2D eigenvalue weighted by Crippen LogP contribution is -2.24. The molecule has 2 aromatic carbocycles. The van der Waals surface area contributed by atoms with Crippen LogP contribution in [0, 0.1) is 27.4 Å². The first-order valence-electron chi connectivity index (χ1n) is 12.0. The Morgan fingerprint density at radius 2 is 2.03 bits per heavy atom.